The molecule has 1 aliphatic carbocycles. The van der Waals surface area contributed by atoms with E-state index in [-0.39, 0.29) is 11.8 Å². The highest BCUT2D eigenvalue weighted by atomic mass is 15.1. The maximum absolute atomic E-state index is 7.85. The van der Waals surface area contributed by atoms with Crippen molar-refractivity contribution in [1.29, 1.82) is 5.41 Å². The van der Waals surface area contributed by atoms with Crippen molar-refractivity contribution in [3.63, 3.8) is 0 Å². The third-order valence-corrected chi connectivity index (χ3v) is 4.37. The summed E-state index contributed by atoms with van der Waals surface area (Å²) in [5.41, 5.74) is 6.96. The third-order valence-electron chi connectivity index (χ3n) is 4.37. The van der Waals surface area contributed by atoms with Gasteiger partial charge in [0.25, 0.3) is 0 Å². The largest absolute Gasteiger partial charge is 0.387 e. The molecule has 0 radical (unpaired) electrons. The SMILES string of the molecule is CN(CC1CCCCC1)CC(C(=N)N)c1ccccc1. The van der Waals surface area contributed by atoms with Crippen LogP contribution in [0.3, 0.4) is 0 Å². The second-order valence-electron chi connectivity index (χ2n) is 6.14. The predicted molar refractivity (Wildman–Crippen MR) is 85.2 cm³/mol. The number of nitrogens with one attached hydrogen (secondary N) is 1. The minimum Gasteiger partial charge on any atom is -0.387 e. The number of nitrogens with two attached hydrogens (primary N) is 1. The van der Waals surface area contributed by atoms with Crippen LogP contribution < -0.4 is 5.73 Å². The van der Waals surface area contributed by atoms with Crippen molar-refractivity contribution in [2.75, 3.05) is 20.1 Å². The highest BCUT2D eigenvalue weighted by Gasteiger charge is 2.20. The molecule has 0 heterocycles. The van der Waals surface area contributed by atoms with Crippen LogP contribution in [0.1, 0.15) is 43.6 Å². The Bertz CT molecular complexity index is 410. The van der Waals surface area contributed by atoms with Gasteiger partial charge in [0.1, 0.15) is 0 Å². The molecule has 1 aromatic carbocycles. The van der Waals surface area contributed by atoms with E-state index in [1.165, 1.54) is 32.1 Å². The summed E-state index contributed by atoms with van der Waals surface area (Å²) in [6.07, 6.45) is 6.89. The highest BCUT2D eigenvalue weighted by Crippen LogP contribution is 2.25. The lowest BCUT2D eigenvalue weighted by atomic mass is 9.88. The third kappa shape index (κ3) is 4.34. The molecule has 2 rings (SSSR count). The number of hydrogen-bond acceptors (Lipinski definition) is 2. The van der Waals surface area contributed by atoms with E-state index in [0.29, 0.717) is 0 Å². The molecule has 1 unspecified atom stereocenters. The van der Waals surface area contributed by atoms with E-state index < -0.39 is 0 Å². The Hall–Kier alpha value is -1.35. The van der Waals surface area contributed by atoms with Gasteiger partial charge in [-0.3, -0.25) is 5.41 Å². The lowest BCUT2D eigenvalue weighted by Gasteiger charge is -2.29. The van der Waals surface area contributed by atoms with Crippen LogP contribution in [0.5, 0.6) is 0 Å². The van der Waals surface area contributed by atoms with Gasteiger partial charge in [0.05, 0.1) is 11.8 Å². The van der Waals surface area contributed by atoms with Gasteiger partial charge in [-0.2, -0.15) is 0 Å². The van der Waals surface area contributed by atoms with Crippen molar-refractivity contribution in [2.24, 2.45) is 11.7 Å². The van der Waals surface area contributed by atoms with Crippen LogP contribution in [0.2, 0.25) is 0 Å². The zero-order chi connectivity index (χ0) is 14.4. The summed E-state index contributed by atoms with van der Waals surface area (Å²) in [6.45, 7) is 1.98. The van der Waals surface area contributed by atoms with Crippen molar-refractivity contribution in [1.82, 2.24) is 4.90 Å². The maximum Gasteiger partial charge on any atom is 0.0995 e. The Morgan fingerprint density at radius 1 is 1.25 bits per heavy atom. The molecule has 3 heteroatoms. The van der Waals surface area contributed by atoms with Crippen LogP contribution in [0.25, 0.3) is 0 Å². The van der Waals surface area contributed by atoms with Crippen molar-refractivity contribution >= 4 is 5.84 Å². The molecule has 20 heavy (non-hydrogen) atoms. The van der Waals surface area contributed by atoms with E-state index in [4.69, 9.17) is 11.1 Å². The Morgan fingerprint density at radius 3 is 2.50 bits per heavy atom. The summed E-state index contributed by atoms with van der Waals surface area (Å²) in [7, 11) is 2.16. The van der Waals surface area contributed by atoms with Gasteiger partial charge in [-0.25, -0.2) is 0 Å². The standard InChI is InChI=1S/C17H27N3/c1-20(12-14-8-4-2-5-9-14)13-16(17(18)19)15-10-6-3-7-11-15/h3,6-7,10-11,14,16H,2,4-5,8-9,12-13H2,1H3,(H3,18,19). The predicted octanol–water partition coefficient (Wildman–Crippen LogP) is 3.22. The first-order valence-corrected chi connectivity index (χ1v) is 7.74. The molecule has 1 aliphatic rings. The summed E-state index contributed by atoms with van der Waals surface area (Å²) in [5.74, 6) is 1.12. The molecule has 1 fully saturated rings. The fourth-order valence-corrected chi connectivity index (χ4v) is 3.27. The van der Waals surface area contributed by atoms with E-state index >= 15 is 0 Å². The monoisotopic (exact) mass is 273 g/mol. The maximum atomic E-state index is 7.85. The van der Waals surface area contributed by atoms with Crippen molar-refractivity contribution in [3.05, 3.63) is 35.9 Å². The average Bonchev–Trinajstić information content (AvgIpc) is 2.46. The Balaban J connectivity index is 1.92. The van der Waals surface area contributed by atoms with E-state index in [1.807, 2.05) is 18.2 Å². The van der Waals surface area contributed by atoms with Crippen LogP contribution in [0, 0.1) is 11.3 Å². The van der Waals surface area contributed by atoms with Crippen LogP contribution in [-0.2, 0) is 0 Å². The summed E-state index contributed by atoms with van der Waals surface area (Å²) >= 11 is 0. The van der Waals surface area contributed by atoms with E-state index in [2.05, 4.69) is 24.1 Å². The van der Waals surface area contributed by atoms with Gasteiger partial charge in [0, 0.05) is 13.1 Å². The molecule has 0 aromatic heterocycles. The molecule has 110 valence electrons. The molecule has 0 spiro atoms. The summed E-state index contributed by atoms with van der Waals surface area (Å²) < 4.78 is 0. The van der Waals surface area contributed by atoms with Crippen molar-refractivity contribution in [3.8, 4) is 0 Å². The topological polar surface area (TPSA) is 53.1 Å². The molecule has 3 nitrogen and oxygen atoms in total. The van der Waals surface area contributed by atoms with Gasteiger partial charge in [0.2, 0.25) is 0 Å². The molecule has 3 N–H and O–H groups in total. The fraction of sp³-hybridized carbons (Fsp3) is 0.588. The van der Waals surface area contributed by atoms with E-state index in [9.17, 15) is 0 Å². The van der Waals surface area contributed by atoms with Crippen molar-refractivity contribution in [2.45, 2.75) is 38.0 Å². The van der Waals surface area contributed by atoms with Crippen LogP contribution >= 0.6 is 0 Å². The van der Waals surface area contributed by atoms with Gasteiger partial charge in [0.15, 0.2) is 0 Å². The summed E-state index contributed by atoms with van der Waals surface area (Å²) in [5, 5.41) is 7.85. The number of nitrogens with zero attached hydrogens (tertiary/aromatic N) is 1. The number of rotatable bonds is 6. The fourth-order valence-electron chi connectivity index (χ4n) is 3.27. The number of hydrogen-bond donors (Lipinski definition) is 2. The Morgan fingerprint density at radius 2 is 1.90 bits per heavy atom. The van der Waals surface area contributed by atoms with Gasteiger partial charge < -0.3 is 10.6 Å². The minimum atomic E-state index is 0.0183. The summed E-state index contributed by atoms with van der Waals surface area (Å²) in [4.78, 5) is 2.36. The first-order chi connectivity index (χ1) is 9.66. The molecule has 0 amide bonds. The van der Waals surface area contributed by atoms with E-state index in [0.717, 1.165) is 24.6 Å². The highest BCUT2D eigenvalue weighted by molar-refractivity contribution is 5.84. The zero-order valence-corrected chi connectivity index (χ0v) is 12.5. The normalized spacial score (nSPS) is 18.1. The second kappa shape index (κ2) is 7.44. The lowest BCUT2D eigenvalue weighted by Crippen LogP contribution is -2.35. The number of amidine groups is 1. The van der Waals surface area contributed by atoms with E-state index in [1.54, 1.807) is 0 Å². The first kappa shape index (κ1) is 15.0. The van der Waals surface area contributed by atoms with Crippen LogP contribution in [0.15, 0.2) is 30.3 Å². The average molecular weight is 273 g/mol. The quantitative estimate of drug-likeness (QED) is 0.617. The zero-order valence-electron chi connectivity index (χ0n) is 12.5. The second-order valence-corrected chi connectivity index (χ2v) is 6.14. The Kier molecular flexibility index (Phi) is 5.60. The first-order valence-electron chi connectivity index (χ1n) is 7.74. The van der Waals surface area contributed by atoms with Crippen molar-refractivity contribution < 1.29 is 0 Å². The Labute approximate surface area is 122 Å². The number of likely N-dealkylation sites (N-methyl/N-ethyl adjacent to an activating group) is 1. The number of benzene rings is 1. The van der Waals surface area contributed by atoms with Gasteiger partial charge in [-0.15, -0.1) is 0 Å². The smallest absolute Gasteiger partial charge is 0.0995 e. The molecule has 0 bridgehead atoms. The molecule has 1 atom stereocenters. The molecular weight excluding hydrogens is 246 g/mol. The molecule has 0 aliphatic heterocycles. The van der Waals surface area contributed by atoms with Crippen LogP contribution in [-0.4, -0.2) is 30.9 Å². The molecule has 0 saturated heterocycles. The lowest BCUT2D eigenvalue weighted by molar-refractivity contribution is 0.232. The molecule has 1 aromatic rings. The van der Waals surface area contributed by atoms with Gasteiger partial charge >= 0.3 is 0 Å². The summed E-state index contributed by atoms with van der Waals surface area (Å²) in [6, 6.07) is 10.2. The van der Waals surface area contributed by atoms with Gasteiger partial charge in [-0.1, -0.05) is 49.6 Å². The molecule has 1 saturated carbocycles. The van der Waals surface area contributed by atoms with Crippen LogP contribution in [0.4, 0.5) is 0 Å². The van der Waals surface area contributed by atoms with Gasteiger partial charge in [-0.05, 0) is 31.4 Å². The molecular formula is C17H27N3. The minimum absolute atomic E-state index is 0.0183.